The summed E-state index contributed by atoms with van der Waals surface area (Å²) in [6.07, 6.45) is 0. The minimum atomic E-state index is -0.241. The summed E-state index contributed by atoms with van der Waals surface area (Å²) in [6, 6.07) is 12.7. The number of methoxy groups -OCH3 is 1. The molecule has 1 heterocycles. The van der Waals surface area contributed by atoms with Gasteiger partial charge in [0.05, 0.1) is 12.5 Å². The van der Waals surface area contributed by atoms with Gasteiger partial charge in [0, 0.05) is 9.58 Å². The van der Waals surface area contributed by atoms with E-state index in [1.54, 1.807) is 19.2 Å². The maximum Gasteiger partial charge on any atom is 0.124 e. The van der Waals surface area contributed by atoms with Gasteiger partial charge in [0.1, 0.15) is 11.6 Å². The van der Waals surface area contributed by atoms with Crippen molar-refractivity contribution < 1.29 is 9.13 Å². The Bertz CT molecular complexity index is 797. The number of halogens is 2. The van der Waals surface area contributed by atoms with Crippen LogP contribution in [0.4, 0.5) is 4.39 Å². The Balaban J connectivity index is 1.99. The van der Waals surface area contributed by atoms with Gasteiger partial charge in [-0.3, -0.25) is 0 Å². The van der Waals surface area contributed by atoms with Crippen LogP contribution in [0.3, 0.4) is 0 Å². The Morgan fingerprint density at radius 1 is 1.14 bits per heavy atom. The van der Waals surface area contributed by atoms with Crippen molar-refractivity contribution in [3.05, 3.63) is 64.3 Å². The molecule has 0 amide bonds. The first-order valence-electron chi connectivity index (χ1n) is 6.56. The van der Waals surface area contributed by atoms with E-state index in [4.69, 9.17) is 16.3 Å². The molecule has 21 heavy (non-hydrogen) atoms. The molecule has 1 atom stereocenters. The Labute approximate surface area is 131 Å². The lowest BCUT2D eigenvalue weighted by Gasteiger charge is -2.11. The average Bonchev–Trinajstić information content (AvgIpc) is 2.89. The van der Waals surface area contributed by atoms with E-state index in [1.807, 2.05) is 31.2 Å². The molecule has 0 aliphatic carbocycles. The van der Waals surface area contributed by atoms with Crippen LogP contribution in [0, 0.1) is 12.7 Å². The number of hydrogen-bond donors (Lipinski definition) is 0. The van der Waals surface area contributed by atoms with E-state index in [1.165, 1.54) is 17.4 Å². The molecule has 108 valence electrons. The molecule has 3 aromatic rings. The van der Waals surface area contributed by atoms with Crippen LogP contribution in [-0.2, 0) is 0 Å². The van der Waals surface area contributed by atoms with Crippen molar-refractivity contribution in [2.75, 3.05) is 7.11 Å². The van der Waals surface area contributed by atoms with E-state index in [-0.39, 0.29) is 11.2 Å². The van der Waals surface area contributed by atoms with E-state index >= 15 is 0 Å². The number of benzene rings is 2. The predicted octanol–water partition coefficient (Wildman–Crippen LogP) is 5.69. The zero-order valence-electron chi connectivity index (χ0n) is 11.7. The van der Waals surface area contributed by atoms with Crippen LogP contribution in [0.5, 0.6) is 5.75 Å². The van der Waals surface area contributed by atoms with Gasteiger partial charge in [0.2, 0.25) is 0 Å². The van der Waals surface area contributed by atoms with Gasteiger partial charge in [-0.15, -0.1) is 22.9 Å². The second kappa shape index (κ2) is 5.66. The first-order valence-corrected chi connectivity index (χ1v) is 7.81. The van der Waals surface area contributed by atoms with Crippen LogP contribution in [0.1, 0.15) is 21.4 Å². The molecule has 1 aromatic heterocycles. The van der Waals surface area contributed by atoms with Crippen LogP contribution >= 0.6 is 22.9 Å². The van der Waals surface area contributed by atoms with Crippen molar-refractivity contribution in [1.29, 1.82) is 0 Å². The minimum Gasteiger partial charge on any atom is -0.496 e. The van der Waals surface area contributed by atoms with Gasteiger partial charge in [0.15, 0.2) is 0 Å². The highest BCUT2D eigenvalue weighted by Gasteiger charge is 2.15. The molecule has 1 unspecified atom stereocenters. The number of thiophene rings is 1. The predicted molar refractivity (Wildman–Crippen MR) is 87.2 cm³/mol. The van der Waals surface area contributed by atoms with Crippen molar-refractivity contribution in [3.63, 3.8) is 0 Å². The largest absolute Gasteiger partial charge is 0.496 e. The highest BCUT2D eigenvalue weighted by atomic mass is 35.5. The molecule has 0 radical (unpaired) electrons. The number of alkyl halides is 1. The van der Waals surface area contributed by atoms with Crippen molar-refractivity contribution in [2.24, 2.45) is 0 Å². The third-order valence-electron chi connectivity index (χ3n) is 3.46. The fraction of sp³-hybridized carbons (Fsp3) is 0.176. The van der Waals surface area contributed by atoms with E-state index in [9.17, 15) is 4.39 Å². The van der Waals surface area contributed by atoms with Gasteiger partial charge in [-0.2, -0.15) is 0 Å². The summed E-state index contributed by atoms with van der Waals surface area (Å²) in [7, 11) is 1.65. The maximum atomic E-state index is 13.3. The Morgan fingerprint density at radius 2 is 1.95 bits per heavy atom. The Morgan fingerprint density at radius 3 is 2.67 bits per heavy atom. The Kier molecular flexibility index (Phi) is 3.87. The molecular formula is C17H14ClFOS. The summed E-state index contributed by atoms with van der Waals surface area (Å²) >= 11 is 8.11. The topological polar surface area (TPSA) is 9.23 Å². The SMILES string of the molecule is COc1ccc(C(Cl)c2cc3ccc(F)cc3s2)cc1C. The summed E-state index contributed by atoms with van der Waals surface area (Å²) in [6.45, 7) is 1.99. The number of hydrogen-bond acceptors (Lipinski definition) is 2. The molecule has 4 heteroatoms. The van der Waals surface area contributed by atoms with Gasteiger partial charge in [-0.1, -0.05) is 18.2 Å². The normalized spacial score (nSPS) is 12.6. The van der Waals surface area contributed by atoms with Gasteiger partial charge < -0.3 is 4.74 Å². The lowest BCUT2D eigenvalue weighted by Crippen LogP contribution is -1.93. The molecule has 0 fully saturated rings. The van der Waals surface area contributed by atoms with Crippen LogP contribution in [0.2, 0.25) is 0 Å². The molecule has 0 saturated carbocycles. The summed E-state index contributed by atoms with van der Waals surface area (Å²) in [5.74, 6) is 0.628. The van der Waals surface area contributed by atoms with Crippen molar-refractivity contribution in [2.45, 2.75) is 12.3 Å². The van der Waals surface area contributed by atoms with Crippen LogP contribution < -0.4 is 4.74 Å². The molecule has 0 saturated heterocycles. The summed E-state index contributed by atoms with van der Waals surface area (Å²) in [5.41, 5.74) is 2.06. The highest BCUT2D eigenvalue weighted by molar-refractivity contribution is 7.19. The lowest BCUT2D eigenvalue weighted by molar-refractivity contribution is 0.411. The molecule has 0 bridgehead atoms. The average molecular weight is 321 g/mol. The Hall–Kier alpha value is -1.58. The third kappa shape index (κ3) is 2.76. The molecule has 0 spiro atoms. The van der Waals surface area contributed by atoms with E-state index in [0.29, 0.717) is 0 Å². The first kappa shape index (κ1) is 14.4. The fourth-order valence-electron chi connectivity index (χ4n) is 2.37. The zero-order chi connectivity index (χ0) is 15.0. The van der Waals surface area contributed by atoms with Crippen molar-refractivity contribution >= 4 is 33.0 Å². The van der Waals surface area contributed by atoms with Crippen LogP contribution in [-0.4, -0.2) is 7.11 Å². The number of aryl methyl sites for hydroxylation is 1. The van der Waals surface area contributed by atoms with Gasteiger partial charge in [0.25, 0.3) is 0 Å². The van der Waals surface area contributed by atoms with E-state index in [0.717, 1.165) is 31.8 Å². The molecular weight excluding hydrogens is 307 g/mol. The lowest BCUT2D eigenvalue weighted by atomic mass is 10.1. The maximum absolute atomic E-state index is 13.3. The summed E-state index contributed by atoms with van der Waals surface area (Å²) < 4.78 is 19.4. The third-order valence-corrected chi connectivity index (χ3v) is 5.24. The van der Waals surface area contributed by atoms with Gasteiger partial charge in [-0.05, 0) is 47.7 Å². The number of ether oxygens (including phenoxy) is 1. The van der Waals surface area contributed by atoms with Gasteiger partial charge >= 0.3 is 0 Å². The molecule has 0 aliphatic heterocycles. The molecule has 1 nitrogen and oxygen atoms in total. The summed E-state index contributed by atoms with van der Waals surface area (Å²) in [4.78, 5) is 1.02. The molecule has 0 aliphatic rings. The van der Waals surface area contributed by atoms with Crippen LogP contribution in [0.25, 0.3) is 10.1 Å². The number of rotatable bonds is 3. The highest BCUT2D eigenvalue weighted by Crippen LogP contribution is 2.38. The molecule has 2 aromatic carbocycles. The first-order chi connectivity index (χ1) is 10.1. The smallest absolute Gasteiger partial charge is 0.124 e. The molecule has 0 N–H and O–H groups in total. The quantitative estimate of drug-likeness (QED) is 0.564. The molecule has 3 rings (SSSR count). The second-order valence-corrected chi connectivity index (χ2v) is 6.47. The van der Waals surface area contributed by atoms with Crippen molar-refractivity contribution in [1.82, 2.24) is 0 Å². The minimum absolute atomic E-state index is 0.220. The van der Waals surface area contributed by atoms with Gasteiger partial charge in [-0.25, -0.2) is 4.39 Å². The fourth-order valence-corrected chi connectivity index (χ4v) is 3.80. The second-order valence-electron chi connectivity index (χ2n) is 4.92. The zero-order valence-corrected chi connectivity index (χ0v) is 13.3. The monoisotopic (exact) mass is 320 g/mol. The van der Waals surface area contributed by atoms with Crippen molar-refractivity contribution in [3.8, 4) is 5.75 Å². The van der Waals surface area contributed by atoms with Crippen LogP contribution in [0.15, 0.2) is 42.5 Å². The van der Waals surface area contributed by atoms with E-state index in [2.05, 4.69) is 0 Å². The summed E-state index contributed by atoms with van der Waals surface area (Å²) in [5, 5.41) is 0.780. The standard InChI is InChI=1S/C17H14ClFOS/c1-10-7-12(4-6-14(10)20-2)17(18)16-8-11-3-5-13(19)9-15(11)21-16/h3-9,17H,1-2H3. The number of fused-ring (bicyclic) bond motifs is 1. The van der Waals surface area contributed by atoms with E-state index < -0.39 is 0 Å².